The molecule has 0 spiro atoms. The summed E-state index contributed by atoms with van der Waals surface area (Å²) >= 11 is 1.10. The van der Waals surface area contributed by atoms with E-state index in [2.05, 4.69) is 11.0 Å². The van der Waals surface area contributed by atoms with Gasteiger partial charge in [-0.2, -0.15) is 4.28 Å². The molecular formula is C16H14N2O3S. The molecule has 0 atom stereocenters. The number of hydrogen-bond acceptors (Lipinski definition) is 5. The van der Waals surface area contributed by atoms with Crippen LogP contribution in [-0.4, -0.2) is 5.91 Å². The van der Waals surface area contributed by atoms with Crippen molar-refractivity contribution < 1.29 is 13.9 Å². The SMILES string of the molecule is O=C(NCc1ccccc1)c1ccc(/C=C2/ONOS2)cc1. The number of carbonyl (C=O) groups is 1. The molecule has 1 aliphatic rings. The van der Waals surface area contributed by atoms with Gasteiger partial charge in [0, 0.05) is 12.1 Å². The zero-order valence-corrected chi connectivity index (χ0v) is 12.4. The van der Waals surface area contributed by atoms with Crippen molar-refractivity contribution in [1.82, 2.24) is 11.0 Å². The lowest BCUT2D eigenvalue weighted by atomic mass is 10.1. The molecule has 1 amide bonds. The fourth-order valence-electron chi connectivity index (χ4n) is 1.93. The molecule has 3 rings (SSSR count). The lowest BCUT2D eigenvalue weighted by Crippen LogP contribution is -2.22. The predicted octanol–water partition coefficient (Wildman–Crippen LogP) is 3.03. The minimum absolute atomic E-state index is 0.0976. The molecule has 1 aliphatic heterocycles. The molecule has 0 saturated carbocycles. The van der Waals surface area contributed by atoms with E-state index >= 15 is 0 Å². The number of carbonyl (C=O) groups excluding carboxylic acids is 1. The highest BCUT2D eigenvalue weighted by molar-refractivity contribution is 7.98. The van der Waals surface area contributed by atoms with Gasteiger partial charge in [0.05, 0.1) is 12.0 Å². The molecule has 2 aromatic carbocycles. The summed E-state index contributed by atoms with van der Waals surface area (Å²) in [6.07, 6.45) is 1.82. The Morgan fingerprint density at radius 2 is 1.91 bits per heavy atom. The summed E-state index contributed by atoms with van der Waals surface area (Å²) < 4.78 is 4.78. The van der Waals surface area contributed by atoms with E-state index in [-0.39, 0.29) is 5.91 Å². The maximum Gasteiger partial charge on any atom is 0.251 e. The van der Waals surface area contributed by atoms with Gasteiger partial charge in [0.25, 0.3) is 5.91 Å². The van der Waals surface area contributed by atoms with Gasteiger partial charge in [-0.1, -0.05) is 42.5 Å². The number of benzene rings is 2. The largest absolute Gasteiger partial charge is 0.373 e. The van der Waals surface area contributed by atoms with Crippen LogP contribution in [0.4, 0.5) is 0 Å². The highest BCUT2D eigenvalue weighted by atomic mass is 32.2. The first kappa shape index (κ1) is 14.6. The molecule has 2 aromatic rings. The van der Waals surface area contributed by atoms with Gasteiger partial charge in [-0.3, -0.25) is 4.79 Å². The quantitative estimate of drug-likeness (QED) is 0.850. The Labute approximate surface area is 132 Å². The van der Waals surface area contributed by atoms with Crippen molar-refractivity contribution >= 4 is 24.0 Å². The van der Waals surface area contributed by atoms with Gasteiger partial charge in [0.15, 0.2) is 0 Å². The van der Waals surface area contributed by atoms with Gasteiger partial charge in [0.1, 0.15) is 0 Å². The third-order valence-corrected chi connectivity index (χ3v) is 3.57. The smallest absolute Gasteiger partial charge is 0.251 e. The molecule has 0 radical (unpaired) electrons. The molecule has 5 nitrogen and oxygen atoms in total. The number of hydrogen-bond donors (Lipinski definition) is 2. The van der Waals surface area contributed by atoms with Crippen molar-refractivity contribution in [2.45, 2.75) is 6.54 Å². The summed E-state index contributed by atoms with van der Waals surface area (Å²) in [5, 5.41) is 3.51. The predicted molar refractivity (Wildman–Crippen MR) is 84.9 cm³/mol. The van der Waals surface area contributed by atoms with Gasteiger partial charge in [0.2, 0.25) is 5.09 Å². The maximum atomic E-state index is 12.1. The average Bonchev–Trinajstić information content (AvgIpc) is 3.07. The van der Waals surface area contributed by atoms with E-state index in [0.717, 1.165) is 23.2 Å². The molecular weight excluding hydrogens is 300 g/mol. The van der Waals surface area contributed by atoms with E-state index in [1.54, 1.807) is 12.1 Å². The molecule has 6 heteroatoms. The van der Waals surface area contributed by atoms with Crippen molar-refractivity contribution in [3.8, 4) is 0 Å². The van der Waals surface area contributed by atoms with Crippen molar-refractivity contribution in [3.63, 3.8) is 0 Å². The van der Waals surface area contributed by atoms with Gasteiger partial charge >= 0.3 is 0 Å². The van der Waals surface area contributed by atoms with E-state index in [9.17, 15) is 4.79 Å². The monoisotopic (exact) mass is 314 g/mol. The Morgan fingerprint density at radius 1 is 1.14 bits per heavy atom. The van der Waals surface area contributed by atoms with Crippen LogP contribution in [-0.2, 0) is 15.7 Å². The van der Waals surface area contributed by atoms with Crippen LogP contribution in [0.5, 0.6) is 0 Å². The van der Waals surface area contributed by atoms with E-state index in [1.165, 1.54) is 0 Å². The highest BCUT2D eigenvalue weighted by Gasteiger charge is 2.10. The van der Waals surface area contributed by atoms with Gasteiger partial charge in [-0.15, -0.1) is 0 Å². The summed E-state index contributed by atoms with van der Waals surface area (Å²) in [5.41, 5.74) is 4.90. The van der Waals surface area contributed by atoms with Crippen molar-refractivity contribution in [3.05, 3.63) is 76.4 Å². The topological polar surface area (TPSA) is 59.6 Å². The first-order valence-electron chi connectivity index (χ1n) is 6.70. The molecule has 1 saturated heterocycles. The van der Waals surface area contributed by atoms with Crippen molar-refractivity contribution in [2.24, 2.45) is 0 Å². The third kappa shape index (κ3) is 3.88. The Kier molecular flexibility index (Phi) is 4.75. The standard InChI is InChI=1S/C16H14N2O3S/c19-16(17-11-13-4-2-1-3-5-13)14-8-6-12(7-9-14)10-15-20-18-21-22-15/h1-10,18H,11H2,(H,17,19)/b15-10-. The van der Waals surface area contributed by atoms with Crippen LogP contribution in [0.3, 0.4) is 0 Å². The number of amides is 1. The maximum absolute atomic E-state index is 12.1. The van der Waals surface area contributed by atoms with Crippen LogP contribution in [0.15, 0.2) is 59.7 Å². The summed E-state index contributed by atoms with van der Waals surface area (Å²) in [5.74, 6) is -0.0976. The van der Waals surface area contributed by atoms with E-state index in [4.69, 9.17) is 9.12 Å². The molecule has 1 fully saturated rings. The molecule has 2 N–H and O–H groups in total. The molecule has 0 unspecified atom stereocenters. The van der Waals surface area contributed by atoms with Crippen LogP contribution < -0.4 is 11.0 Å². The summed E-state index contributed by atoms with van der Waals surface area (Å²) in [7, 11) is 0. The normalized spacial score (nSPS) is 15.5. The molecule has 22 heavy (non-hydrogen) atoms. The zero-order chi connectivity index (χ0) is 15.2. The van der Waals surface area contributed by atoms with Gasteiger partial charge in [-0.25, -0.2) is 0 Å². The second kappa shape index (κ2) is 7.13. The highest BCUT2D eigenvalue weighted by Crippen LogP contribution is 2.24. The number of nitrogens with one attached hydrogen (secondary N) is 2. The second-order valence-electron chi connectivity index (χ2n) is 4.61. The Bertz CT molecular complexity index is 664. The second-order valence-corrected chi connectivity index (χ2v) is 5.34. The minimum atomic E-state index is -0.0976. The summed E-state index contributed by atoms with van der Waals surface area (Å²) in [6, 6.07) is 17.1. The van der Waals surface area contributed by atoms with Crippen LogP contribution >= 0.6 is 12.0 Å². The summed E-state index contributed by atoms with van der Waals surface area (Å²) in [6.45, 7) is 0.513. The van der Waals surface area contributed by atoms with E-state index in [0.29, 0.717) is 17.2 Å². The lowest BCUT2D eigenvalue weighted by molar-refractivity contribution is -0.0168. The van der Waals surface area contributed by atoms with Crippen LogP contribution in [0.2, 0.25) is 0 Å². The van der Waals surface area contributed by atoms with Crippen LogP contribution in [0.25, 0.3) is 6.08 Å². The first-order chi connectivity index (χ1) is 10.8. The van der Waals surface area contributed by atoms with Crippen LogP contribution in [0.1, 0.15) is 21.5 Å². The third-order valence-electron chi connectivity index (χ3n) is 3.05. The Hall–Kier alpha value is -2.28. The Balaban J connectivity index is 1.60. The van der Waals surface area contributed by atoms with Crippen molar-refractivity contribution in [2.75, 3.05) is 0 Å². The minimum Gasteiger partial charge on any atom is -0.373 e. The van der Waals surface area contributed by atoms with Gasteiger partial charge in [-0.05, 0) is 35.0 Å². The summed E-state index contributed by atoms with van der Waals surface area (Å²) in [4.78, 5) is 17.1. The van der Waals surface area contributed by atoms with E-state index < -0.39 is 0 Å². The molecule has 1 heterocycles. The van der Waals surface area contributed by atoms with Crippen molar-refractivity contribution in [1.29, 1.82) is 0 Å². The average molecular weight is 314 g/mol. The fraction of sp³-hybridized carbons (Fsp3) is 0.0625. The molecule has 0 aliphatic carbocycles. The molecule has 0 bridgehead atoms. The van der Waals surface area contributed by atoms with E-state index in [1.807, 2.05) is 48.5 Å². The lowest BCUT2D eigenvalue weighted by Gasteiger charge is -2.05. The number of rotatable bonds is 4. The Morgan fingerprint density at radius 3 is 2.59 bits per heavy atom. The zero-order valence-electron chi connectivity index (χ0n) is 11.6. The first-order valence-corrected chi connectivity index (χ1v) is 7.45. The fourth-order valence-corrected chi connectivity index (χ4v) is 2.34. The molecule has 112 valence electrons. The van der Waals surface area contributed by atoms with Crippen LogP contribution in [0, 0.1) is 0 Å². The van der Waals surface area contributed by atoms with Gasteiger partial charge < -0.3 is 10.2 Å². The molecule has 0 aromatic heterocycles.